The molecule has 0 saturated heterocycles. The Morgan fingerprint density at radius 3 is 2.88 bits per heavy atom. The van der Waals surface area contributed by atoms with E-state index in [0.717, 1.165) is 6.54 Å². The molecule has 0 spiro atoms. The van der Waals surface area contributed by atoms with Crippen LogP contribution < -0.4 is 5.32 Å². The van der Waals surface area contributed by atoms with Crippen LogP contribution in [-0.4, -0.2) is 6.54 Å². The third-order valence-corrected chi connectivity index (χ3v) is 0.919. The van der Waals surface area contributed by atoms with Crippen LogP contribution in [0.3, 0.4) is 0 Å². The SMILES string of the molecule is C1=CC=CNCC=C1. The highest BCUT2D eigenvalue weighted by Gasteiger charge is 1.72. The zero-order valence-electron chi connectivity index (χ0n) is 4.67. The van der Waals surface area contributed by atoms with Crippen molar-refractivity contribution in [2.45, 2.75) is 0 Å². The first-order valence-corrected chi connectivity index (χ1v) is 2.72. The Bertz CT molecular complexity index is 115. The second kappa shape index (κ2) is 3.08. The number of allylic oxidation sites excluding steroid dienone is 4. The quantitative estimate of drug-likeness (QED) is 0.490. The minimum Gasteiger partial charge on any atom is -0.387 e. The van der Waals surface area contributed by atoms with Crippen LogP contribution in [-0.2, 0) is 0 Å². The number of rotatable bonds is 0. The maximum atomic E-state index is 3.07. The van der Waals surface area contributed by atoms with Gasteiger partial charge in [0.25, 0.3) is 0 Å². The van der Waals surface area contributed by atoms with E-state index in [-0.39, 0.29) is 0 Å². The maximum Gasteiger partial charge on any atom is 0.0328 e. The first-order valence-electron chi connectivity index (χ1n) is 2.72. The molecule has 1 heterocycles. The zero-order valence-corrected chi connectivity index (χ0v) is 4.67. The average Bonchev–Trinajstić information content (AvgIpc) is 1.62. The second-order valence-electron chi connectivity index (χ2n) is 1.58. The molecule has 0 radical (unpaired) electrons. The van der Waals surface area contributed by atoms with Crippen LogP contribution in [0.1, 0.15) is 0 Å². The van der Waals surface area contributed by atoms with E-state index in [1.807, 2.05) is 30.5 Å². The summed E-state index contributed by atoms with van der Waals surface area (Å²) >= 11 is 0. The van der Waals surface area contributed by atoms with Crippen LogP contribution in [0.15, 0.2) is 36.6 Å². The number of hydrogen-bond donors (Lipinski definition) is 1. The van der Waals surface area contributed by atoms with E-state index < -0.39 is 0 Å². The van der Waals surface area contributed by atoms with Crippen molar-refractivity contribution >= 4 is 0 Å². The Kier molecular flexibility index (Phi) is 1.99. The van der Waals surface area contributed by atoms with Crippen LogP contribution in [0.5, 0.6) is 0 Å². The van der Waals surface area contributed by atoms with Crippen molar-refractivity contribution in [2.24, 2.45) is 0 Å². The molecular weight excluding hydrogens is 98.1 g/mol. The largest absolute Gasteiger partial charge is 0.387 e. The Hall–Kier alpha value is -0.980. The van der Waals surface area contributed by atoms with E-state index in [9.17, 15) is 0 Å². The normalized spacial score (nSPS) is 17.0. The van der Waals surface area contributed by atoms with Gasteiger partial charge in [0.05, 0.1) is 0 Å². The lowest BCUT2D eigenvalue weighted by Crippen LogP contribution is -2.03. The highest BCUT2D eigenvalue weighted by Crippen LogP contribution is 1.81. The van der Waals surface area contributed by atoms with Crippen molar-refractivity contribution in [2.75, 3.05) is 6.54 Å². The van der Waals surface area contributed by atoms with E-state index in [2.05, 4.69) is 11.4 Å². The molecule has 0 aliphatic carbocycles. The van der Waals surface area contributed by atoms with Gasteiger partial charge in [-0.1, -0.05) is 24.3 Å². The number of hydrogen-bond acceptors (Lipinski definition) is 1. The summed E-state index contributed by atoms with van der Waals surface area (Å²) < 4.78 is 0. The molecule has 1 aliphatic heterocycles. The van der Waals surface area contributed by atoms with Gasteiger partial charge in [-0.2, -0.15) is 0 Å². The van der Waals surface area contributed by atoms with Crippen LogP contribution in [0.4, 0.5) is 0 Å². The fraction of sp³-hybridized carbons (Fsp3) is 0.143. The molecule has 42 valence electrons. The molecule has 0 aromatic rings. The van der Waals surface area contributed by atoms with Gasteiger partial charge >= 0.3 is 0 Å². The predicted octanol–water partition coefficient (Wildman–Crippen LogP) is 1.22. The summed E-state index contributed by atoms with van der Waals surface area (Å²) in [6.07, 6.45) is 12.0. The smallest absolute Gasteiger partial charge is 0.0328 e. The van der Waals surface area contributed by atoms with E-state index in [0.29, 0.717) is 0 Å². The lowest BCUT2D eigenvalue weighted by molar-refractivity contribution is 0.984. The second-order valence-corrected chi connectivity index (χ2v) is 1.58. The molecule has 0 aromatic carbocycles. The molecule has 0 unspecified atom stereocenters. The third kappa shape index (κ3) is 1.65. The topological polar surface area (TPSA) is 12.0 Å². The molecule has 0 bridgehead atoms. The Labute approximate surface area is 49.4 Å². The van der Waals surface area contributed by atoms with Crippen molar-refractivity contribution in [1.29, 1.82) is 0 Å². The van der Waals surface area contributed by atoms with Gasteiger partial charge in [0.15, 0.2) is 0 Å². The van der Waals surface area contributed by atoms with Gasteiger partial charge in [0.1, 0.15) is 0 Å². The van der Waals surface area contributed by atoms with E-state index in [1.165, 1.54) is 0 Å². The molecule has 1 N–H and O–H groups in total. The summed E-state index contributed by atoms with van der Waals surface area (Å²) in [5.41, 5.74) is 0. The molecule has 1 heteroatoms. The molecule has 8 heavy (non-hydrogen) atoms. The summed E-state index contributed by atoms with van der Waals surface area (Å²) in [6.45, 7) is 0.931. The minimum atomic E-state index is 0.931. The van der Waals surface area contributed by atoms with Crippen molar-refractivity contribution in [3.63, 3.8) is 0 Å². The van der Waals surface area contributed by atoms with Crippen LogP contribution in [0.25, 0.3) is 0 Å². The first-order chi connectivity index (χ1) is 4.00. The van der Waals surface area contributed by atoms with Gasteiger partial charge < -0.3 is 5.32 Å². The van der Waals surface area contributed by atoms with E-state index in [1.54, 1.807) is 0 Å². The average molecular weight is 107 g/mol. The highest BCUT2D eigenvalue weighted by atomic mass is 14.8. The molecule has 1 rings (SSSR count). The van der Waals surface area contributed by atoms with Gasteiger partial charge in [-0.05, 0) is 12.3 Å². The maximum absolute atomic E-state index is 3.07. The first kappa shape index (κ1) is 5.16. The predicted molar refractivity (Wildman–Crippen MR) is 35.4 cm³/mol. The minimum absolute atomic E-state index is 0.931. The molecule has 0 saturated carbocycles. The lowest BCUT2D eigenvalue weighted by Gasteiger charge is -1.92. The molecule has 0 atom stereocenters. The van der Waals surface area contributed by atoms with Gasteiger partial charge in [-0.3, -0.25) is 0 Å². The summed E-state index contributed by atoms with van der Waals surface area (Å²) in [5, 5.41) is 3.07. The van der Waals surface area contributed by atoms with Gasteiger partial charge in [-0.25, -0.2) is 0 Å². The van der Waals surface area contributed by atoms with E-state index >= 15 is 0 Å². The van der Waals surface area contributed by atoms with Crippen molar-refractivity contribution in [3.05, 3.63) is 36.6 Å². The molecule has 0 fully saturated rings. The Balaban J connectivity index is 2.51. The third-order valence-electron chi connectivity index (χ3n) is 0.919. The summed E-state index contributed by atoms with van der Waals surface area (Å²) in [6, 6.07) is 0. The monoisotopic (exact) mass is 107 g/mol. The van der Waals surface area contributed by atoms with Gasteiger partial charge in [0.2, 0.25) is 0 Å². The fourth-order valence-electron chi connectivity index (χ4n) is 0.535. The van der Waals surface area contributed by atoms with Crippen LogP contribution >= 0.6 is 0 Å². The van der Waals surface area contributed by atoms with Crippen LogP contribution in [0.2, 0.25) is 0 Å². The summed E-state index contributed by atoms with van der Waals surface area (Å²) in [7, 11) is 0. The molecule has 1 aliphatic rings. The zero-order chi connectivity index (χ0) is 5.66. The fourth-order valence-corrected chi connectivity index (χ4v) is 0.535. The van der Waals surface area contributed by atoms with Crippen molar-refractivity contribution < 1.29 is 0 Å². The lowest BCUT2D eigenvalue weighted by atomic mass is 10.4. The standard InChI is InChI=1S/C7H9N/c1-2-4-6-8-7-5-3-1/h1-6,8H,7H2. The van der Waals surface area contributed by atoms with Crippen molar-refractivity contribution in [3.8, 4) is 0 Å². The van der Waals surface area contributed by atoms with Crippen molar-refractivity contribution in [1.82, 2.24) is 5.32 Å². The van der Waals surface area contributed by atoms with Crippen LogP contribution in [0, 0.1) is 0 Å². The summed E-state index contributed by atoms with van der Waals surface area (Å²) in [5.74, 6) is 0. The Morgan fingerprint density at radius 1 is 1.00 bits per heavy atom. The highest BCUT2D eigenvalue weighted by molar-refractivity contribution is 5.13. The molecular formula is C7H9N. The van der Waals surface area contributed by atoms with Gasteiger partial charge in [0, 0.05) is 6.54 Å². The molecule has 0 amide bonds. The van der Waals surface area contributed by atoms with E-state index in [4.69, 9.17) is 0 Å². The molecule has 0 aromatic heterocycles. The Morgan fingerprint density at radius 2 is 1.88 bits per heavy atom. The number of nitrogens with one attached hydrogen (secondary N) is 1. The molecule has 1 nitrogen and oxygen atoms in total. The van der Waals surface area contributed by atoms with Gasteiger partial charge in [-0.15, -0.1) is 0 Å². The summed E-state index contributed by atoms with van der Waals surface area (Å²) in [4.78, 5) is 0.